The lowest BCUT2D eigenvalue weighted by atomic mass is 10.2. The van der Waals surface area contributed by atoms with Crippen LogP contribution in [0.4, 0.5) is 0 Å². The number of nitrogens with zero attached hydrogens (tertiary/aromatic N) is 4. The molecular weight excluding hydrogens is 384 g/mol. The highest BCUT2D eigenvalue weighted by atomic mass is 32.2. The molecule has 0 radical (unpaired) electrons. The van der Waals surface area contributed by atoms with E-state index >= 15 is 0 Å². The van der Waals surface area contributed by atoms with Crippen molar-refractivity contribution in [1.29, 1.82) is 0 Å². The van der Waals surface area contributed by atoms with Crippen LogP contribution in [0.25, 0.3) is 10.6 Å². The minimum atomic E-state index is -3.60. The molecule has 142 valence electrons. The summed E-state index contributed by atoms with van der Waals surface area (Å²) in [5.74, 6) is -1.22. The van der Waals surface area contributed by atoms with Gasteiger partial charge in [-0.25, -0.2) is 13.4 Å². The second-order valence-electron chi connectivity index (χ2n) is 6.31. The fourth-order valence-corrected chi connectivity index (χ4v) is 4.76. The average molecular weight is 405 g/mol. The summed E-state index contributed by atoms with van der Waals surface area (Å²) in [6, 6.07) is 9.45. The third kappa shape index (κ3) is 5.24. The van der Waals surface area contributed by atoms with Gasteiger partial charge in [-0.2, -0.15) is 5.10 Å². The number of aromatic nitrogens is 3. The van der Waals surface area contributed by atoms with Gasteiger partial charge in [-0.3, -0.25) is 9.48 Å². The molecule has 0 saturated carbocycles. The highest BCUT2D eigenvalue weighted by Gasteiger charge is 2.22. The molecule has 3 rings (SSSR count). The van der Waals surface area contributed by atoms with Crippen LogP contribution in [0.15, 0.2) is 48.1 Å². The SMILES string of the molecule is CN(Cc1ccccc1)C(=O)CS(=O)(=O)Cc1csc(-c2cnn(C)c2)n1. The Kier molecular flexibility index (Phi) is 5.71. The van der Waals surface area contributed by atoms with Crippen molar-refractivity contribution >= 4 is 27.1 Å². The number of amides is 1. The largest absolute Gasteiger partial charge is 0.341 e. The summed E-state index contributed by atoms with van der Waals surface area (Å²) in [7, 11) is -0.192. The van der Waals surface area contributed by atoms with Crippen LogP contribution in [0, 0.1) is 0 Å². The number of aryl methyl sites for hydroxylation is 1. The molecule has 0 saturated heterocycles. The molecule has 27 heavy (non-hydrogen) atoms. The molecule has 0 N–H and O–H groups in total. The molecule has 0 aliphatic carbocycles. The number of benzene rings is 1. The molecule has 0 aliphatic heterocycles. The van der Waals surface area contributed by atoms with Crippen LogP contribution in [0.5, 0.6) is 0 Å². The van der Waals surface area contributed by atoms with Gasteiger partial charge in [-0.05, 0) is 5.56 Å². The maximum atomic E-state index is 12.4. The first-order valence-electron chi connectivity index (χ1n) is 8.24. The van der Waals surface area contributed by atoms with Gasteiger partial charge in [0.25, 0.3) is 0 Å². The number of hydrogen-bond acceptors (Lipinski definition) is 6. The monoisotopic (exact) mass is 404 g/mol. The predicted octanol–water partition coefficient (Wildman–Crippen LogP) is 2.12. The number of carbonyl (C=O) groups excluding carboxylic acids is 1. The first-order chi connectivity index (χ1) is 12.8. The Morgan fingerprint density at radius 1 is 1.26 bits per heavy atom. The van der Waals surface area contributed by atoms with Gasteiger partial charge in [-0.15, -0.1) is 11.3 Å². The minimum absolute atomic E-state index is 0.255. The third-order valence-electron chi connectivity index (χ3n) is 3.90. The Labute approximate surface area is 162 Å². The Morgan fingerprint density at radius 2 is 2.00 bits per heavy atom. The van der Waals surface area contributed by atoms with Crippen molar-refractivity contribution in [3.05, 3.63) is 59.4 Å². The Morgan fingerprint density at radius 3 is 2.67 bits per heavy atom. The molecule has 3 aromatic rings. The molecule has 0 atom stereocenters. The number of hydrogen-bond donors (Lipinski definition) is 0. The van der Waals surface area contributed by atoms with Crippen molar-refractivity contribution < 1.29 is 13.2 Å². The maximum Gasteiger partial charge on any atom is 0.237 e. The van der Waals surface area contributed by atoms with Gasteiger partial charge in [0, 0.05) is 37.8 Å². The van der Waals surface area contributed by atoms with E-state index in [0.717, 1.165) is 11.1 Å². The highest BCUT2D eigenvalue weighted by Crippen LogP contribution is 2.24. The van der Waals surface area contributed by atoms with Crippen molar-refractivity contribution in [2.75, 3.05) is 12.8 Å². The van der Waals surface area contributed by atoms with Crippen LogP contribution in [0.3, 0.4) is 0 Å². The van der Waals surface area contributed by atoms with Gasteiger partial charge >= 0.3 is 0 Å². The molecule has 0 unspecified atom stereocenters. The zero-order chi connectivity index (χ0) is 19.4. The second-order valence-corrected chi connectivity index (χ2v) is 9.24. The molecule has 1 aromatic carbocycles. The Bertz CT molecular complexity index is 1030. The van der Waals surface area contributed by atoms with E-state index in [2.05, 4.69) is 10.1 Å². The molecule has 0 bridgehead atoms. The summed E-state index contributed by atoms with van der Waals surface area (Å²) in [4.78, 5) is 18.1. The molecule has 0 fully saturated rings. The van der Waals surface area contributed by atoms with Gasteiger partial charge in [0.15, 0.2) is 9.84 Å². The van der Waals surface area contributed by atoms with Crippen LogP contribution in [0.2, 0.25) is 0 Å². The summed E-state index contributed by atoms with van der Waals surface area (Å²) in [5, 5.41) is 6.50. The lowest BCUT2D eigenvalue weighted by Crippen LogP contribution is -2.32. The highest BCUT2D eigenvalue weighted by molar-refractivity contribution is 7.91. The molecule has 0 spiro atoms. The van der Waals surface area contributed by atoms with Crippen molar-refractivity contribution in [2.45, 2.75) is 12.3 Å². The van der Waals surface area contributed by atoms with E-state index in [1.807, 2.05) is 36.5 Å². The molecule has 0 aliphatic rings. The first-order valence-corrected chi connectivity index (χ1v) is 10.9. The van der Waals surface area contributed by atoms with E-state index in [0.29, 0.717) is 17.2 Å². The van der Waals surface area contributed by atoms with E-state index in [1.165, 1.54) is 16.2 Å². The molecular formula is C18H20N4O3S2. The topological polar surface area (TPSA) is 85.2 Å². The van der Waals surface area contributed by atoms with E-state index in [-0.39, 0.29) is 5.75 Å². The average Bonchev–Trinajstić information content (AvgIpc) is 3.23. The quantitative estimate of drug-likeness (QED) is 0.602. The van der Waals surface area contributed by atoms with Crippen molar-refractivity contribution in [3.8, 4) is 10.6 Å². The number of thiazole rings is 1. The number of carbonyl (C=O) groups is 1. The molecule has 1 amide bonds. The predicted molar refractivity (Wildman–Crippen MR) is 105 cm³/mol. The van der Waals surface area contributed by atoms with Gasteiger partial charge in [0.2, 0.25) is 5.91 Å². The fourth-order valence-electron chi connectivity index (χ4n) is 2.56. The molecule has 2 aromatic heterocycles. The molecule has 7 nitrogen and oxygen atoms in total. The van der Waals surface area contributed by atoms with Crippen LogP contribution < -0.4 is 0 Å². The normalized spacial score (nSPS) is 11.5. The van der Waals surface area contributed by atoms with Crippen molar-refractivity contribution in [3.63, 3.8) is 0 Å². The van der Waals surface area contributed by atoms with Crippen molar-refractivity contribution in [1.82, 2.24) is 19.7 Å². The lowest BCUT2D eigenvalue weighted by Gasteiger charge is -2.17. The Hall–Kier alpha value is -2.52. The summed E-state index contributed by atoms with van der Waals surface area (Å²) >= 11 is 1.36. The summed E-state index contributed by atoms with van der Waals surface area (Å²) in [5.41, 5.74) is 2.23. The van der Waals surface area contributed by atoms with E-state index in [4.69, 9.17) is 0 Å². The van der Waals surface area contributed by atoms with Gasteiger partial charge < -0.3 is 4.90 Å². The second kappa shape index (κ2) is 8.01. The van der Waals surface area contributed by atoms with E-state index in [9.17, 15) is 13.2 Å². The number of rotatable bonds is 7. The van der Waals surface area contributed by atoms with Gasteiger partial charge in [-0.1, -0.05) is 30.3 Å². The lowest BCUT2D eigenvalue weighted by molar-refractivity contribution is -0.127. The standard InChI is InChI=1S/C18H20N4O3S2/c1-21(9-14-6-4-3-5-7-14)17(23)13-27(24,25)12-16-11-26-18(20-16)15-8-19-22(2)10-15/h3-8,10-11H,9,12-13H2,1-2H3. The van der Waals surface area contributed by atoms with Gasteiger partial charge in [0.1, 0.15) is 10.8 Å². The zero-order valence-corrected chi connectivity index (χ0v) is 16.7. The minimum Gasteiger partial charge on any atom is -0.341 e. The van der Waals surface area contributed by atoms with Gasteiger partial charge in [0.05, 0.1) is 17.6 Å². The Balaban J connectivity index is 1.61. The summed E-state index contributed by atoms with van der Waals surface area (Å²) in [6.07, 6.45) is 3.50. The molecule has 2 heterocycles. The van der Waals surface area contributed by atoms with Crippen LogP contribution in [0.1, 0.15) is 11.3 Å². The maximum absolute atomic E-state index is 12.4. The first kappa shape index (κ1) is 19.2. The van der Waals surface area contributed by atoms with Crippen LogP contribution in [-0.4, -0.2) is 46.8 Å². The van der Waals surface area contributed by atoms with Crippen LogP contribution in [-0.2, 0) is 34.0 Å². The van der Waals surface area contributed by atoms with E-state index in [1.54, 1.807) is 30.4 Å². The number of sulfone groups is 1. The smallest absolute Gasteiger partial charge is 0.237 e. The zero-order valence-electron chi connectivity index (χ0n) is 15.1. The fraction of sp³-hybridized carbons (Fsp3) is 0.278. The van der Waals surface area contributed by atoms with E-state index < -0.39 is 21.5 Å². The molecule has 9 heteroatoms. The third-order valence-corrected chi connectivity index (χ3v) is 6.27. The van der Waals surface area contributed by atoms with Crippen LogP contribution >= 0.6 is 11.3 Å². The van der Waals surface area contributed by atoms with Crippen molar-refractivity contribution in [2.24, 2.45) is 7.05 Å². The summed E-state index contributed by atoms with van der Waals surface area (Å²) in [6.45, 7) is 0.372. The summed E-state index contributed by atoms with van der Waals surface area (Å²) < 4.78 is 26.5.